The summed E-state index contributed by atoms with van der Waals surface area (Å²) in [5, 5.41) is 3.30. The van der Waals surface area contributed by atoms with Gasteiger partial charge in [0.2, 0.25) is 0 Å². The van der Waals surface area contributed by atoms with Gasteiger partial charge in [-0.3, -0.25) is 0 Å². The van der Waals surface area contributed by atoms with E-state index < -0.39 is 0 Å². The smallest absolute Gasteiger partial charge is 0.0701 e. The van der Waals surface area contributed by atoms with Crippen LogP contribution in [0.15, 0.2) is 0 Å². The highest BCUT2D eigenvalue weighted by molar-refractivity contribution is 4.77. The van der Waals surface area contributed by atoms with Crippen molar-refractivity contribution in [1.29, 1.82) is 0 Å². The summed E-state index contributed by atoms with van der Waals surface area (Å²) in [6, 6.07) is 0.390. The minimum Gasteiger partial charge on any atom is -0.385 e. The van der Waals surface area contributed by atoms with Crippen LogP contribution < -0.4 is 5.32 Å². The van der Waals surface area contributed by atoms with Crippen LogP contribution in [0.4, 0.5) is 0 Å². The van der Waals surface area contributed by atoms with Gasteiger partial charge in [-0.15, -0.1) is 0 Å². The minimum atomic E-state index is 0.390. The van der Waals surface area contributed by atoms with E-state index in [9.17, 15) is 0 Å². The summed E-state index contributed by atoms with van der Waals surface area (Å²) in [7, 11) is 3.68. The molecule has 0 radical (unpaired) electrons. The summed E-state index contributed by atoms with van der Waals surface area (Å²) in [5.74, 6) is 0.581. The Bertz CT molecular complexity index is 186. The van der Waals surface area contributed by atoms with E-state index in [4.69, 9.17) is 18.9 Å². The van der Waals surface area contributed by atoms with Gasteiger partial charge in [0.05, 0.1) is 26.4 Å². The number of hydrogen-bond acceptors (Lipinski definition) is 5. The zero-order valence-electron chi connectivity index (χ0n) is 11.7. The van der Waals surface area contributed by atoms with Crippen molar-refractivity contribution >= 4 is 0 Å². The maximum absolute atomic E-state index is 5.63. The van der Waals surface area contributed by atoms with Gasteiger partial charge in [0, 0.05) is 38.9 Å². The van der Waals surface area contributed by atoms with Crippen LogP contribution in [0.3, 0.4) is 0 Å². The highest BCUT2D eigenvalue weighted by atomic mass is 16.5. The van der Waals surface area contributed by atoms with Gasteiger partial charge in [0.25, 0.3) is 0 Å². The van der Waals surface area contributed by atoms with Crippen molar-refractivity contribution in [1.82, 2.24) is 5.32 Å². The first-order valence-corrected chi connectivity index (χ1v) is 6.78. The average Bonchev–Trinajstić information content (AvgIpc) is 2.91. The lowest BCUT2D eigenvalue weighted by atomic mass is 10.0. The van der Waals surface area contributed by atoms with Crippen LogP contribution in [0.25, 0.3) is 0 Å². The number of likely N-dealkylation sites (N-methyl/N-ethyl adjacent to an activating group) is 1. The average molecular weight is 261 g/mol. The molecule has 18 heavy (non-hydrogen) atoms. The van der Waals surface area contributed by atoms with Crippen LogP contribution in [0.2, 0.25) is 0 Å². The molecule has 5 heteroatoms. The molecule has 0 saturated carbocycles. The van der Waals surface area contributed by atoms with Crippen molar-refractivity contribution in [3.05, 3.63) is 0 Å². The van der Waals surface area contributed by atoms with Crippen LogP contribution in [0.1, 0.15) is 12.8 Å². The lowest BCUT2D eigenvalue weighted by molar-refractivity contribution is 0.0266. The second-order valence-corrected chi connectivity index (χ2v) is 4.55. The topological polar surface area (TPSA) is 49.0 Å². The normalized spacial score (nSPS) is 21.3. The number of rotatable bonds is 11. The first kappa shape index (κ1) is 15.9. The summed E-state index contributed by atoms with van der Waals surface area (Å²) in [5.41, 5.74) is 0. The summed E-state index contributed by atoms with van der Waals surface area (Å²) in [6.07, 6.45) is 2.07. The van der Waals surface area contributed by atoms with Crippen molar-refractivity contribution in [2.75, 3.05) is 60.4 Å². The Hall–Kier alpha value is -0.200. The van der Waals surface area contributed by atoms with Crippen LogP contribution in [0, 0.1) is 5.92 Å². The molecule has 1 N–H and O–H groups in total. The highest BCUT2D eigenvalue weighted by Gasteiger charge is 2.24. The fourth-order valence-electron chi connectivity index (χ4n) is 2.06. The van der Waals surface area contributed by atoms with E-state index in [1.165, 1.54) is 0 Å². The largest absolute Gasteiger partial charge is 0.385 e. The molecule has 1 fully saturated rings. The van der Waals surface area contributed by atoms with E-state index >= 15 is 0 Å². The number of hydrogen-bond donors (Lipinski definition) is 1. The molecule has 0 aliphatic carbocycles. The maximum Gasteiger partial charge on any atom is 0.0701 e. The Morgan fingerprint density at radius 2 is 2.06 bits per heavy atom. The molecule has 0 aromatic carbocycles. The lowest BCUT2D eigenvalue weighted by Crippen LogP contribution is -2.38. The molecule has 108 valence electrons. The molecule has 0 amide bonds. The molecular formula is C13H27NO4. The molecule has 2 atom stereocenters. The molecular weight excluding hydrogens is 234 g/mol. The summed E-state index contributed by atoms with van der Waals surface area (Å²) in [6.45, 7) is 5.26. The number of ether oxygens (including phenoxy) is 4. The Kier molecular flexibility index (Phi) is 9.42. The van der Waals surface area contributed by atoms with Gasteiger partial charge in [-0.05, 0) is 19.9 Å². The molecule has 0 spiro atoms. The molecule has 1 saturated heterocycles. The van der Waals surface area contributed by atoms with Crippen molar-refractivity contribution in [3.63, 3.8) is 0 Å². The van der Waals surface area contributed by atoms with E-state index in [1.54, 1.807) is 7.11 Å². The third-order valence-electron chi connectivity index (χ3n) is 3.21. The SMILES string of the molecule is CNC(COCCOCCCOC)C1CCOC1. The van der Waals surface area contributed by atoms with Crippen LogP contribution in [0.5, 0.6) is 0 Å². The van der Waals surface area contributed by atoms with Crippen molar-refractivity contribution in [3.8, 4) is 0 Å². The number of methoxy groups -OCH3 is 1. The van der Waals surface area contributed by atoms with Crippen molar-refractivity contribution < 1.29 is 18.9 Å². The highest BCUT2D eigenvalue weighted by Crippen LogP contribution is 2.16. The van der Waals surface area contributed by atoms with Crippen molar-refractivity contribution in [2.24, 2.45) is 5.92 Å². The molecule has 0 aromatic heterocycles. The third kappa shape index (κ3) is 6.66. The molecule has 1 rings (SSSR count). The van der Waals surface area contributed by atoms with Gasteiger partial charge in [-0.1, -0.05) is 0 Å². The lowest BCUT2D eigenvalue weighted by Gasteiger charge is -2.21. The van der Waals surface area contributed by atoms with Crippen LogP contribution in [-0.4, -0.2) is 66.4 Å². The van der Waals surface area contributed by atoms with E-state index in [-0.39, 0.29) is 0 Å². The first-order chi connectivity index (χ1) is 8.88. The molecule has 1 heterocycles. The van der Waals surface area contributed by atoms with Gasteiger partial charge < -0.3 is 24.3 Å². The zero-order chi connectivity index (χ0) is 13.1. The summed E-state index contributed by atoms with van der Waals surface area (Å²) < 4.78 is 21.4. The van der Waals surface area contributed by atoms with Gasteiger partial charge in [-0.2, -0.15) is 0 Å². The van der Waals surface area contributed by atoms with E-state index in [1.807, 2.05) is 7.05 Å². The van der Waals surface area contributed by atoms with E-state index in [2.05, 4.69) is 5.32 Å². The molecule has 1 aliphatic rings. The standard InChI is InChI=1S/C13H27NO4/c1-14-13(12-4-7-17-10-12)11-18-9-8-16-6-3-5-15-2/h12-14H,3-11H2,1-2H3. The summed E-state index contributed by atoms with van der Waals surface area (Å²) >= 11 is 0. The quantitative estimate of drug-likeness (QED) is 0.554. The molecule has 0 bridgehead atoms. The van der Waals surface area contributed by atoms with Crippen molar-refractivity contribution in [2.45, 2.75) is 18.9 Å². The van der Waals surface area contributed by atoms with Gasteiger partial charge in [0.1, 0.15) is 0 Å². The predicted octanol–water partition coefficient (Wildman–Crippen LogP) is 0.681. The Morgan fingerprint density at radius 3 is 2.72 bits per heavy atom. The van der Waals surface area contributed by atoms with Crippen LogP contribution >= 0.6 is 0 Å². The fraction of sp³-hybridized carbons (Fsp3) is 1.00. The Labute approximate surface area is 110 Å². The molecule has 5 nitrogen and oxygen atoms in total. The first-order valence-electron chi connectivity index (χ1n) is 6.78. The minimum absolute atomic E-state index is 0.390. The Morgan fingerprint density at radius 1 is 1.22 bits per heavy atom. The van der Waals surface area contributed by atoms with Crippen LogP contribution in [-0.2, 0) is 18.9 Å². The zero-order valence-corrected chi connectivity index (χ0v) is 11.7. The van der Waals surface area contributed by atoms with Gasteiger partial charge >= 0.3 is 0 Å². The molecule has 0 aromatic rings. The second kappa shape index (κ2) is 10.7. The molecule has 1 aliphatic heterocycles. The number of nitrogens with one attached hydrogen (secondary N) is 1. The maximum atomic E-state index is 5.63. The third-order valence-corrected chi connectivity index (χ3v) is 3.21. The monoisotopic (exact) mass is 261 g/mol. The fourth-order valence-corrected chi connectivity index (χ4v) is 2.06. The Balaban J connectivity index is 1.92. The van der Waals surface area contributed by atoms with Gasteiger partial charge in [-0.25, -0.2) is 0 Å². The van der Waals surface area contributed by atoms with E-state index in [0.717, 1.165) is 45.9 Å². The predicted molar refractivity (Wildman–Crippen MR) is 69.9 cm³/mol. The van der Waals surface area contributed by atoms with Gasteiger partial charge in [0.15, 0.2) is 0 Å². The summed E-state index contributed by atoms with van der Waals surface area (Å²) in [4.78, 5) is 0. The second-order valence-electron chi connectivity index (χ2n) is 4.55. The molecule has 2 unspecified atom stereocenters. The van der Waals surface area contributed by atoms with E-state index in [0.29, 0.717) is 25.2 Å².